The second-order valence-electron chi connectivity index (χ2n) is 4.78. The van der Waals surface area contributed by atoms with E-state index >= 15 is 0 Å². The van der Waals surface area contributed by atoms with Crippen LogP contribution in [0.2, 0.25) is 0 Å². The van der Waals surface area contributed by atoms with E-state index in [9.17, 15) is 0 Å². The Bertz CT molecular complexity index is 323. The standard InChI is InChI=1S/C14H20/c1-4-11-5-7-14-12(9-11)6-8-13(14)10(2)3/h5,7,9-10,13H,4,6,8H2,1-3H3. The molecule has 0 saturated heterocycles. The van der Waals surface area contributed by atoms with Gasteiger partial charge in [-0.1, -0.05) is 39.0 Å². The SMILES string of the molecule is CCc1ccc2c(c1)CCC2C(C)C. The monoisotopic (exact) mass is 188 g/mol. The van der Waals surface area contributed by atoms with E-state index in [1.807, 2.05) is 0 Å². The fourth-order valence-corrected chi connectivity index (χ4v) is 2.62. The average molecular weight is 188 g/mol. The summed E-state index contributed by atoms with van der Waals surface area (Å²) in [5, 5.41) is 0. The molecule has 0 spiro atoms. The fourth-order valence-electron chi connectivity index (χ4n) is 2.62. The summed E-state index contributed by atoms with van der Waals surface area (Å²) in [5.74, 6) is 1.61. The minimum Gasteiger partial charge on any atom is -0.0622 e. The van der Waals surface area contributed by atoms with Gasteiger partial charge in [-0.05, 0) is 47.8 Å². The van der Waals surface area contributed by atoms with E-state index in [1.165, 1.54) is 24.8 Å². The molecular weight excluding hydrogens is 168 g/mol. The van der Waals surface area contributed by atoms with Crippen LogP contribution in [0.4, 0.5) is 0 Å². The zero-order chi connectivity index (χ0) is 10.1. The van der Waals surface area contributed by atoms with Gasteiger partial charge in [0.05, 0.1) is 0 Å². The van der Waals surface area contributed by atoms with Crippen molar-refractivity contribution in [2.45, 2.75) is 46.0 Å². The Balaban J connectivity index is 2.33. The quantitative estimate of drug-likeness (QED) is 0.659. The van der Waals surface area contributed by atoms with Gasteiger partial charge in [0.25, 0.3) is 0 Å². The van der Waals surface area contributed by atoms with Crippen LogP contribution in [0.1, 0.15) is 49.8 Å². The first-order chi connectivity index (χ1) is 6.72. The van der Waals surface area contributed by atoms with Gasteiger partial charge >= 0.3 is 0 Å². The third-order valence-corrected chi connectivity index (χ3v) is 3.54. The summed E-state index contributed by atoms with van der Waals surface area (Å²) in [4.78, 5) is 0. The van der Waals surface area contributed by atoms with Gasteiger partial charge in [0.15, 0.2) is 0 Å². The Morgan fingerprint density at radius 3 is 2.79 bits per heavy atom. The molecule has 0 heteroatoms. The molecule has 0 saturated carbocycles. The molecule has 0 N–H and O–H groups in total. The van der Waals surface area contributed by atoms with Crippen LogP contribution < -0.4 is 0 Å². The predicted octanol–water partition coefficient (Wildman–Crippen LogP) is 3.93. The maximum absolute atomic E-state index is 2.41. The van der Waals surface area contributed by atoms with Gasteiger partial charge in [0, 0.05) is 0 Å². The maximum atomic E-state index is 2.41. The third kappa shape index (κ3) is 1.58. The third-order valence-electron chi connectivity index (χ3n) is 3.54. The first kappa shape index (κ1) is 9.76. The summed E-state index contributed by atoms with van der Waals surface area (Å²) in [6.45, 7) is 6.91. The molecule has 0 amide bonds. The first-order valence-electron chi connectivity index (χ1n) is 5.84. The zero-order valence-corrected chi connectivity index (χ0v) is 9.51. The van der Waals surface area contributed by atoms with Crippen molar-refractivity contribution in [1.82, 2.24) is 0 Å². The van der Waals surface area contributed by atoms with Crippen molar-refractivity contribution in [2.24, 2.45) is 5.92 Å². The van der Waals surface area contributed by atoms with Gasteiger partial charge in [-0.3, -0.25) is 0 Å². The highest BCUT2D eigenvalue weighted by Crippen LogP contribution is 2.38. The van der Waals surface area contributed by atoms with Crippen LogP contribution >= 0.6 is 0 Å². The lowest BCUT2D eigenvalue weighted by atomic mass is 9.90. The highest BCUT2D eigenvalue weighted by atomic mass is 14.3. The van der Waals surface area contributed by atoms with E-state index in [1.54, 1.807) is 11.1 Å². The summed E-state index contributed by atoms with van der Waals surface area (Å²) in [7, 11) is 0. The van der Waals surface area contributed by atoms with E-state index in [0.29, 0.717) is 0 Å². The van der Waals surface area contributed by atoms with Gasteiger partial charge in [0.2, 0.25) is 0 Å². The highest BCUT2D eigenvalue weighted by molar-refractivity contribution is 5.38. The molecule has 0 aromatic heterocycles. The van der Waals surface area contributed by atoms with Crippen molar-refractivity contribution in [3.63, 3.8) is 0 Å². The van der Waals surface area contributed by atoms with Crippen LogP contribution in [-0.4, -0.2) is 0 Å². The molecule has 0 aliphatic heterocycles. The van der Waals surface area contributed by atoms with Crippen LogP contribution in [0.5, 0.6) is 0 Å². The number of hydrogen-bond acceptors (Lipinski definition) is 0. The van der Waals surface area contributed by atoms with Gasteiger partial charge in [0.1, 0.15) is 0 Å². The van der Waals surface area contributed by atoms with Crippen LogP contribution in [0.25, 0.3) is 0 Å². The Morgan fingerprint density at radius 1 is 1.36 bits per heavy atom. The molecule has 0 nitrogen and oxygen atoms in total. The molecule has 0 bridgehead atoms. The van der Waals surface area contributed by atoms with E-state index in [4.69, 9.17) is 0 Å². The first-order valence-corrected chi connectivity index (χ1v) is 5.84. The molecule has 2 rings (SSSR count). The molecule has 14 heavy (non-hydrogen) atoms. The number of hydrogen-bond donors (Lipinski definition) is 0. The van der Waals surface area contributed by atoms with E-state index < -0.39 is 0 Å². The number of rotatable bonds is 2. The lowest BCUT2D eigenvalue weighted by Crippen LogP contribution is -2.02. The molecular formula is C14H20. The van der Waals surface area contributed by atoms with Crippen molar-refractivity contribution in [1.29, 1.82) is 0 Å². The molecule has 76 valence electrons. The van der Waals surface area contributed by atoms with Crippen molar-refractivity contribution < 1.29 is 0 Å². The molecule has 1 atom stereocenters. The average Bonchev–Trinajstić information content (AvgIpc) is 2.59. The van der Waals surface area contributed by atoms with Crippen LogP contribution in [0, 0.1) is 5.92 Å². The molecule has 1 aliphatic rings. The van der Waals surface area contributed by atoms with Crippen molar-refractivity contribution in [2.75, 3.05) is 0 Å². The maximum Gasteiger partial charge on any atom is -0.0133 e. The molecule has 0 radical (unpaired) electrons. The minimum absolute atomic E-state index is 0.795. The summed E-state index contributed by atoms with van der Waals surface area (Å²) < 4.78 is 0. The largest absolute Gasteiger partial charge is 0.0622 e. The molecule has 1 aliphatic carbocycles. The number of fused-ring (bicyclic) bond motifs is 1. The minimum atomic E-state index is 0.795. The molecule has 1 aromatic rings. The van der Waals surface area contributed by atoms with Crippen molar-refractivity contribution >= 4 is 0 Å². The smallest absolute Gasteiger partial charge is 0.0133 e. The summed E-state index contributed by atoms with van der Waals surface area (Å²) in [6.07, 6.45) is 3.83. The van der Waals surface area contributed by atoms with Crippen molar-refractivity contribution in [3.05, 3.63) is 34.9 Å². The molecule has 1 aromatic carbocycles. The van der Waals surface area contributed by atoms with Gasteiger partial charge < -0.3 is 0 Å². The second-order valence-corrected chi connectivity index (χ2v) is 4.78. The van der Waals surface area contributed by atoms with Crippen LogP contribution in [-0.2, 0) is 12.8 Å². The van der Waals surface area contributed by atoms with E-state index in [0.717, 1.165) is 11.8 Å². The Kier molecular flexibility index (Phi) is 2.62. The van der Waals surface area contributed by atoms with Gasteiger partial charge in [-0.15, -0.1) is 0 Å². The molecule has 1 unspecified atom stereocenters. The highest BCUT2D eigenvalue weighted by Gasteiger charge is 2.24. The molecule has 0 heterocycles. The summed E-state index contributed by atoms with van der Waals surface area (Å²) in [6, 6.07) is 7.09. The second kappa shape index (κ2) is 3.76. The lowest BCUT2D eigenvalue weighted by molar-refractivity contribution is 0.496. The number of benzene rings is 1. The summed E-state index contributed by atoms with van der Waals surface area (Å²) >= 11 is 0. The summed E-state index contributed by atoms with van der Waals surface area (Å²) in [5.41, 5.74) is 4.73. The Labute approximate surface area is 87.3 Å². The van der Waals surface area contributed by atoms with E-state index in [-0.39, 0.29) is 0 Å². The fraction of sp³-hybridized carbons (Fsp3) is 0.571. The van der Waals surface area contributed by atoms with E-state index in [2.05, 4.69) is 39.0 Å². The topological polar surface area (TPSA) is 0 Å². The van der Waals surface area contributed by atoms with Crippen LogP contribution in [0.15, 0.2) is 18.2 Å². The molecule has 0 fully saturated rings. The number of aryl methyl sites for hydroxylation is 2. The Hall–Kier alpha value is -0.780. The normalized spacial score (nSPS) is 20.1. The van der Waals surface area contributed by atoms with Gasteiger partial charge in [-0.25, -0.2) is 0 Å². The van der Waals surface area contributed by atoms with Crippen LogP contribution in [0.3, 0.4) is 0 Å². The predicted molar refractivity (Wildman–Crippen MR) is 61.7 cm³/mol. The lowest BCUT2D eigenvalue weighted by Gasteiger charge is -2.15. The Morgan fingerprint density at radius 2 is 2.14 bits per heavy atom. The zero-order valence-electron chi connectivity index (χ0n) is 9.51. The van der Waals surface area contributed by atoms with Gasteiger partial charge in [-0.2, -0.15) is 0 Å². The van der Waals surface area contributed by atoms with Crippen molar-refractivity contribution in [3.8, 4) is 0 Å².